The van der Waals surface area contributed by atoms with Gasteiger partial charge in [0.2, 0.25) is 0 Å². The Balaban J connectivity index is 1.37. The van der Waals surface area contributed by atoms with Crippen molar-refractivity contribution >= 4 is 16.9 Å². The lowest BCUT2D eigenvalue weighted by molar-refractivity contribution is 0.258. The highest BCUT2D eigenvalue weighted by Crippen LogP contribution is 2.40. The Labute approximate surface area is 147 Å². The van der Waals surface area contributed by atoms with Crippen molar-refractivity contribution in [2.24, 2.45) is 4.99 Å². The summed E-state index contributed by atoms with van der Waals surface area (Å²) in [6, 6.07) is 13.0. The smallest absolute Gasteiger partial charge is 0.159 e. The second-order valence-corrected chi connectivity index (χ2v) is 7.52. The minimum Gasteiger partial charge on any atom is -0.352 e. The lowest BCUT2D eigenvalue weighted by Crippen LogP contribution is -2.41. The first kappa shape index (κ1) is 15.7. The fourth-order valence-electron chi connectivity index (χ4n) is 3.35. The van der Waals surface area contributed by atoms with Gasteiger partial charge in [0, 0.05) is 24.2 Å². The average Bonchev–Trinajstić information content (AvgIpc) is 2.65. The van der Waals surface area contributed by atoms with E-state index >= 15 is 0 Å². The summed E-state index contributed by atoms with van der Waals surface area (Å²) < 4.78 is 0. The van der Waals surface area contributed by atoms with E-state index in [9.17, 15) is 0 Å². The van der Waals surface area contributed by atoms with Crippen LogP contribution in [-0.2, 0) is 13.0 Å². The maximum atomic E-state index is 4.75. The molecule has 1 aromatic heterocycles. The van der Waals surface area contributed by atoms with Gasteiger partial charge in [0.15, 0.2) is 5.17 Å². The highest BCUT2D eigenvalue weighted by Gasteiger charge is 2.23. The van der Waals surface area contributed by atoms with Gasteiger partial charge < -0.3 is 5.32 Å². The first-order valence-electron chi connectivity index (χ1n) is 8.52. The Kier molecular flexibility index (Phi) is 4.81. The highest BCUT2D eigenvalue weighted by molar-refractivity contribution is 8.14. The van der Waals surface area contributed by atoms with Crippen LogP contribution in [0.1, 0.15) is 34.8 Å². The number of pyridine rings is 1. The number of rotatable bonds is 3. The first-order chi connectivity index (χ1) is 11.9. The Bertz CT molecular complexity index is 716. The van der Waals surface area contributed by atoms with Crippen LogP contribution in [0, 0.1) is 0 Å². The third-order valence-corrected chi connectivity index (χ3v) is 5.84. The Morgan fingerprint density at radius 2 is 2.17 bits per heavy atom. The molecule has 1 aliphatic carbocycles. The van der Waals surface area contributed by atoms with Crippen LogP contribution in [0.15, 0.2) is 53.8 Å². The molecule has 2 aromatic rings. The summed E-state index contributed by atoms with van der Waals surface area (Å²) in [5.41, 5.74) is 4.23. The number of hydrogen-bond donors (Lipinski definition) is 1. The van der Waals surface area contributed by atoms with Crippen molar-refractivity contribution in [3.63, 3.8) is 0 Å². The number of aryl methyl sites for hydroxylation is 1. The molecule has 124 valence electrons. The van der Waals surface area contributed by atoms with Gasteiger partial charge in [-0.25, -0.2) is 4.99 Å². The van der Waals surface area contributed by atoms with Crippen LogP contribution >= 0.6 is 11.8 Å². The number of hydrogen-bond acceptors (Lipinski definition) is 5. The number of amidine groups is 1. The molecule has 1 unspecified atom stereocenters. The minimum absolute atomic E-state index is 0.533. The van der Waals surface area contributed by atoms with Crippen LogP contribution in [0.3, 0.4) is 0 Å². The fraction of sp³-hybridized carbons (Fsp3) is 0.368. The SMILES string of the molecule is c1cncc(CN2CN=C(SC3CCCc4ccccc43)NC2)c1. The number of thioether (sulfide) groups is 1. The molecule has 0 amide bonds. The molecular weight excluding hydrogens is 316 g/mol. The average molecular weight is 338 g/mol. The van der Waals surface area contributed by atoms with Crippen molar-refractivity contribution in [2.45, 2.75) is 31.1 Å². The van der Waals surface area contributed by atoms with Crippen molar-refractivity contribution in [3.05, 3.63) is 65.5 Å². The van der Waals surface area contributed by atoms with Crippen molar-refractivity contribution in [1.29, 1.82) is 0 Å². The second-order valence-electron chi connectivity index (χ2n) is 6.33. The number of aliphatic imine (C=N–C) groups is 1. The second kappa shape index (κ2) is 7.36. The van der Waals surface area contributed by atoms with Gasteiger partial charge in [-0.2, -0.15) is 0 Å². The third-order valence-electron chi connectivity index (χ3n) is 4.57. The van der Waals surface area contributed by atoms with Crippen LogP contribution in [-0.4, -0.2) is 28.4 Å². The van der Waals surface area contributed by atoms with Crippen LogP contribution in [0.25, 0.3) is 0 Å². The minimum atomic E-state index is 0.533. The number of fused-ring (bicyclic) bond motifs is 1. The quantitative estimate of drug-likeness (QED) is 0.929. The van der Waals surface area contributed by atoms with Crippen molar-refractivity contribution in [1.82, 2.24) is 15.2 Å². The number of nitrogens with one attached hydrogen (secondary N) is 1. The van der Waals surface area contributed by atoms with Crippen molar-refractivity contribution in [3.8, 4) is 0 Å². The number of benzene rings is 1. The molecule has 1 atom stereocenters. The van der Waals surface area contributed by atoms with E-state index in [1.54, 1.807) is 0 Å². The molecular formula is C19H22N4S. The maximum absolute atomic E-state index is 4.75. The van der Waals surface area contributed by atoms with E-state index in [0.29, 0.717) is 5.25 Å². The maximum Gasteiger partial charge on any atom is 0.159 e. The van der Waals surface area contributed by atoms with E-state index in [1.807, 2.05) is 30.2 Å². The molecule has 0 spiro atoms. The summed E-state index contributed by atoms with van der Waals surface area (Å²) >= 11 is 1.89. The topological polar surface area (TPSA) is 40.5 Å². The summed E-state index contributed by atoms with van der Waals surface area (Å²) in [6.45, 7) is 2.47. The molecule has 2 aliphatic rings. The first-order valence-corrected chi connectivity index (χ1v) is 9.40. The van der Waals surface area contributed by atoms with E-state index in [-0.39, 0.29) is 0 Å². The third kappa shape index (κ3) is 3.62. The predicted molar refractivity (Wildman–Crippen MR) is 99.8 cm³/mol. The summed E-state index contributed by atoms with van der Waals surface area (Å²) in [5, 5.41) is 5.10. The molecule has 1 aromatic carbocycles. The lowest BCUT2D eigenvalue weighted by atomic mass is 9.91. The van der Waals surface area contributed by atoms with Crippen LogP contribution < -0.4 is 5.32 Å². The molecule has 0 bridgehead atoms. The zero-order valence-corrected chi connectivity index (χ0v) is 14.5. The normalized spacial score (nSPS) is 20.8. The van der Waals surface area contributed by atoms with Gasteiger partial charge in [-0.1, -0.05) is 42.1 Å². The Morgan fingerprint density at radius 3 is 3.00 bits per heavy atom. The largest absolute Gasteiger partial charge is 0.352 e. The van der Waals surface area contributed by atoms with Gasteiger partial charge >= 0.3 is 0 Å². The van der Waals surface area contributed by atoms with Gasteiger partial charge in [0.05, 0.1) is 13.3 Å². The van der Waals surface area contributed by atoms with E-state index in [2.05, 4.69) is 45.5 Å². The fourth-order valence-corrected chi connectivity index (χ4v) is 4.54. The van der Waals surface area contributed by atoms with E-state index in [0.717, 1.165) is 25.0 Å². The zero-order chi connectivity index (χ0) is 16.2. The summed E-state index contributed by atoms with van der Waals surface area (Å²) in [6.07, 6.45) is 7.46. The zero-order valence-electron chi connectivity index (χ0n) is 13.7. The van der Waals surface area contributed by atoms with E-state index < -0.39 is 0 Å². The molecule has 4 nitrogen and oxygen atoms in total. The monoisotopic (exact) mass is 338 g/mol. The molecule has 0 fully saturated rings. The van der Waals surface area contributed by atoms with Crippen LogP contribution in [0.5, 0.6) is 0 Å². The van der Waals surface area contributed by atoms with Gasteiger partial charge in [-0.05, 0) is 42.0 Å². The molecule has 4 rings (SSSR count). The molecule has 5 heteroatoms. The summed E-state index contributed by atoms with van der Waals surface area (Å²) in [4.78, 5) is 11.2. The summed E-state index contributed by atoms with van der Waals surface area (Å²) in [5.74, 6) is 0. The van der Waals surface area contributed by atoms with Crippen molar-refractivity contribution < 1.29 is 0 Å². The predicted octanol–water partition coefficient (Wildman–Crippen LogP) is 3.57. The molecule has 1 N–H and O–H groups in total. The standard InChI is InChI=1S/C19H22N4S/c1-2-8-17-16(6-1)7-3-9-18(17)24-19-21-13-23(14-22-19)12-15-5-4-10-20-11-15/h1-2,4-6,8,10-11,18H,3,7,9,12-14H2,(H,21,22). The molecule has 0 radical (unpaired) electrons. The van der Waals surface area contributed by atoms with E-state index in [4.69, 9.17) is 4.99 Å². The molecule has 24 heavy (non-hydrogen) atoms. The van der Waals surface area contributed by atoms with Gasteiger partial charge in [0.25, 0.3) is 0 Å². The van der Waals surface area contributed by atoms with Gasteiger partial charge in [0.1, 0.15) is 0 Å². The van der Waals surface area contributed by atoms with Crippen LogP contribution in [0.4, 0.5) is 0 Å². The molecule has 1 aliphatic heterocycles. The Morgan fingerprint density at radius 1 is 1.21 bits per heavy atom. The molecule has 0 saturated heterocycles. The number of aromatic nitrogens is 1. The number of nitrogens with zero attached hydrogens (tertiary/aromatic N) is 3. The molecule has 2 heterocycles. The lowest BCUT2D eigenvalue weighted by Gasteiger charge is -2.30. The Hall–Kier alpha value is -1.85. The van der Waals surface area contributed by atoms with E-state index in [1.165, 1.54) is 36.0 Å². The van der Waals surface area contributed by atoms with Gasteiger partial charge in [-0.15, -0.1) is 0 Å². The van der Waals surface area contributed by atoms with Crippen LogP contribution in [0.2, 0.25) is 0 Å². The highest BCUT2D eigenvalue weighted by atomic mass is 32.2. The summed E-state index contributed by atoms with van der Waals surface area (Å²) in [7, 11) is 0. The van der Waals surface area contributed by atoms with Crippen molar-refractivity contribution in [2.75, 3.05) is 13.3 Å². The molecule has 0 saturated carbocycles. The van der Waals surface area contributed by atoms with Gasteiger partial charge in [-0.3, -0.25) is 9.88 Å².